The molecule has 2 atom stereocenters. The summed E-state index contributed by atoms with van der Waals surface area (Å²) < 4.78 is 5.17. The molecule has 1 saturated heterocycles. The molecule has 0 radical (unpaired) electrons. The molecule has 128 valence electrons. The van der Waals surface area contributed by atoms with E-state index < -0.39 is 6.04 Å². The number of carbonyl (C=O) groups excluding carboxylic acids is 2. The van der Waals surface area contributed by atoms with E-state index in [1.165, 1.54) is 12.8 Å². The predicted octanol–water partition coefficient (Wildman–Crippen LogP) is 1.66. The fourth-order valence-corrected chi connectivity index (χ4v) is 2.79. The normalized spacial score (nSPS) is 18.7. The molecule has 2 rings (SSSR count). The van der Waals surface area contributed by atoms with Crippen LogP contribution in [0.15, 0.2) is 22.8 Å². The molecule has 2 heterocycles. The summed E-state index contributed by atoms with van der Waals surface area (Å²) >= 11 is 0. The molecule has 6 heteroatoms. The Balaban J connectivity index is 1.77. The molecule has 2 unspecified atom stereocenters. The number of nitrogens with one attached hydrogen (secondary N) is 2. The topological polar surface area (TPSA) is 74.6 Å². The third-order valence-electron chi connectivity index (χ3n) is 4.34. The Kier molecular flexibility index (Phi) is 6.65. The van der Waals surface area contributed by atoms with Crippen molar-refractivity contribution in [3.05, 3.63) is 24.2 Å². The molecule has 0 saturated carbocycles. The molecule has 0 aliphatic carbocycles. The molecule has 1 aliphatic rings. The Bertz CT molecular complexity index is 493. The minimum absolute atomic E-state index is 0.0902. The van der Waals surface area contributed by atoms with Crippen LogP contribution < -0.4 is 10.6 Å². The molecule has 0 bridgehead atoms. The van der Waals surface area contributed by atoms with Crippen LogP contribution in [0.25, 0.3) is 0 Å². The van der Waals surface area contributed by atoms with Gasteiger partial charge in [-0.05, 0) is 51.9 Å². The summed E-state index contributed by atoms with van der Waals surface area (Å²) in [7, 11) is 0. The van der Waals surface area contributed by atoms with Gasteiger partial charge in [0.05, 0.1) is 18.8 Å². The van der Waals surface area contributed by atoms with Crippen molar-refractivity contribution in [2.24, 2.45) is 0 Å². The Hall–Kier alpha value is -1.82. The Morgan fingerprint density at radius 1 is 1.17 bits per heavy atom. The van der Waals surface area contributed by atoms with Gasteiger partial charge in [0.15, 0.2) is 0 Å². The van der Waals surface area contributed by atoms with Crippen LogP contribution in [0.1, 0.15) is 45.3 Å². The zero-order valence-electron chi connectivity index (χ0n) is 14.0. The lowest BCUT2D eigenvalue weighted by Gasteiger charge is -2.27. The molecule has 1 aromatic rings. The van der Waals surface area contributed by atoms with Crippen molar-refractivity contribution in [1.82, 2.24) is 15.5 Å². The lowest BCUT2D eigenvalue weighted by atomic mass is 10.2. The smallest absolute Gasteiger partial charge is 0.242 e. The van der Waals surface area contributed by atoms with Gasteiger partial charge in [-0.15, -0.1) is 0 Å². The molecule has 1 fully saturated rings. The van der Waals surface area contributed by atoms with E-state index in [0.717, 1.165) is 25.9 Å². The number of likely N-dealkylation sites (tertiary alicyclic amines) is 1. The molecule has 6 nitrogen and oxygen atoms in total. The first-order valence-electron chi connectivity index (χ1n) is 8.42. The van der Waals surface area contributed by atoms with Crippen LogP contribution in [0.5, 0.6) is 0 Å². The Labute approximate surface area is 137 Å². The summed E-state index contributed by atoms with van der Waals surface area (Å²) in [5.74, 6) is 0.389. The molecule has 2 N–H and O–H groups in total. The average molecular weight is 321 g/mol. The van der Waals surface area contributed by atoms with Crippen LogP contribution in [0, 0.1) is 0 Å². The number of hydrogen-bond donors (Lipinski definition) is 2. The zero-order valence-corrected chi connectivity index (χ0v) is 14.0. The van der Waals surface area contributed by atoms with Gasteiger partial charge >= 0.3 is 0 Å². The van der Waals surface area contributed by atoms with Crippen molar-refractivity contribution in [2.45, 2.75) is 58.2 Å². The van der Waals surface area contributed by atoms with Gasteiger partial charge in [-0.3, -0.25) is 14.5 Å². The predicted molar refractivity (Wildman–Crippen MR) is 87.7 cm³/mol. The Morgan fingerprint density at radius 2 is 1.87 bits per heavy atom. The van der Waals surface area contributed by atoms with Crippen molar-refractivity contribution in [3.8, 4) is 0 Å². The lowest BCUT2D eigenvalue weighted by molar-refractivity contribution is -0.131. The fourth-order valence-electron chi connectivity index (χ4n) is 2.79. The monoisotopic (exact) mass is 321 g/mol. The van der Waals surface area contributed by atoms with Gasteiger partial charge in [0.25, 0.3) is 0 Å². The number of amides is 2. The fraction of sp³-hybridized carbons (Fsp3) is 0.647. The van der Waals surface area contributed by atoms with Crippen LogP contribution in [0.2, 0.25) is 0 Å². The first-order valence-corrected chi connectivity index (χ1v) is 8.42. The summed E-state index contributed by atoms with van der Waals surface area (Å²) in [6, 6.07) is 2.81. The molecule has 1 aliphatic heterocycles. The van der Waals surface area contributed by atoms with Crippen molar-refractivity contribution >= 4 is 11.8 Å². The number of nitrogens with zero attached hydrogens (tertiary/aromatic N) is 1. The largest absolute Gasteiger partial charge is 0.467 e. The van der Waals surface area contributed by atoms with Gasteiger partial charge in [-0.2, -0.15) is 0 Å². The van der Waals surface area contributed by atoms with Gasteiger partial charge in [-0.25, -0.2) is 0 Å². The van der Waals surface area contributed by atoms with Crippen molar-refractivity contribution in [3.63, 3.8) is 0 Å². The first-order chi connectivity index (χ1) is 11.1. The highest BCUT2D eigenvalue weighted by atomic mass is 16.3. The van der Waals surface area contributed by atoms with Gasteiger partial charge < -0.3 is 15.1 Å². The molecular formula is C17H27N3O3. The van der Waals surface area contributed by atoms with Gasteiger partial charge in [0.2, 0.25) is 11.8 Å². The van der Waals surface area contributed by atoms with E-state index in [4.69, 9.17) is 4.42 Å². The van der Waals surface area contributed by atoms with Crippen molar-refractivity contribution in [2.75, 3.05) is 13.1 Å². The first kappa shape index (κ1) is 17.5. The lowest BCUT2D eigenvalue weighted by Crippen LogP contribution is -2.51. The van der Waals surface area contributed by atoms with Gasteiger partial charge in [0, 0.05) is 0 Å². The molecule has 1 aromatic heterocycles. The molecule has 2 amide bonds. The second-order valence-electron chi connectivity index (χ2n) is 6.15. The van der Waals surface area contributed by atoms with Crippen LogP contribution in [-0.2, 0) is 16.1 Å². The number of hydrogen-bond acceptors (Lipinski definition) is 4. The van der Waals surface area contributed by atoms with E-state index >= 15 is 0 Å². The highest BCUT2D eigenvalue weighted by Gasteiger charge is 2.24. The maximum atomic E-state index is 12.4. The number of furan rings is 1. The third-order valence-corrected chi connectivity index (χ3v) is 4.34. The molecule has 0 aromatic carbocycles. The maximum absolute atomic E-state index is 12.4. The van der Waals surface area contributed by atoms with Crippen LogP contribution >= 0.6 is 0 Å². The highest BCUT2D eigenvalue weighted by molar-refractivity contribution is 5.89. The number of carbonyl (C=O) groups is 2. The third kappa shape index (κ3) is 5.39. The SMILES string of the molecule is CC(NC(=O)C(C)N1CCCCCC1)C(=O)NCc1ccco1. The summed E-state index contributed by atoms with van der Waals surface area (Å²) in [5.41, 5.74) is 0. The van der Waals surface area contributed by atoms with Gasteiger partial charge in [0.1, 0.15) is 11.8 Å². The van der Waals surface area contributed by atoms with Crippen molar-refractivity contribution in [1.29, 1.82) is 0 Å². The number of rotatable bonds is 6. The standard InChI is InChI=1S/C17H27N3O3/c1-13(16(21)18-12-15-8-7-11-23-15)19-17(22)14(2)20-9-5-3-4-6-10-20/h7-8,11,13-14H,3-6,9-10,12H2,1-2H3,(H,18,21)(H,19,22). The maximum Gasteiger partial charge on any atom is 0.242 e. The second-order valence-corrected chi connectivity index (χ2v) is 6.15. The zero-order chi connectivity index (χ0) is 16.7. The summed E-state index contributed by atoms with van der Waals surface area (Å²) in [6.07, 6.45) is 6.30. The summed E-state index contributed by atoms with van der Waals surface area (Å²) in [5, 5.41) is 5.56. The minimum atomic E-state index is -0.563. The highest BCUT2D eigenvalue weighted by Crippen LogP contribution is 2.12. The van der Waals surface area contributed by atoms with Crippen LogP contribution in [0.3, 0.4) is 0 Å². The quantitative estimate of drug-likeness (QED) is 0.836. The minimum Gasteiger partial charge on any atom is -0.467 e. The van der Waals surface area contributed by atoms with E-state index in [0.29, 0.717) is 12.3 Å². The van der Waals surface area contributed by atoms with Gasteiger partial charge in [-0.1, -0.05) is 12.8 Å². The molecular weight excluding hydrogens is 294 g/mol. The van der Waals surface area contributed by atoms with E-state index in [9.17, 15) is 9.59 Å². The molecule has 0 spiro atoms. The van der Waals surface area contributed by atoms with E-state index in [1.54, 1.807) is 25.3 Å². The summed E-state index contributed by atoms with van der Waals surface area (Å²) in [4.78, 5) is 26.6. The van der Waals surface area contributed by atoms with Crippen molar-refractivity contribution < 1.29 is 14.0 Å². The van der Waals surface area contributed by atoms with Crippen LogP contribution in [-0.4, -0.2) is 41.9 Å². The Morgan fingerprint density at radius 3 is 2.48 bits per heavy atom. The average Bonchev–Trinajstić information content (AvgIpc) is 2.92. The molecule has 23 heavy (non-hydrogen) atoms. The van der Waals surface area contributed by atoms with Crippen LogP contribution in [0.4, 0.5) is 0 Å². The van der Waals surface area contributed by atoms with E-state index in [-0.39, 0.29) is 17.9 Å². The summed E-state index contributed by atoms with van der Waals surface area (Å²) in [6.45, 7) is 5.84. The van der Waals surface area contributed by atoms with E-state index in [2.05, 4.69) is 15.5 Å². The second kappa shape index (κ2) is 8.72. The van der Waals surface area contributed by atoms with E-state index in [1.807, 2.05) is 6.92 Å².